The van der Waals surface area contributed by atoms with Gasteiger partial charge < -0.3 is 0 Å². The predicted molar refractivity (Wildman–Crippen MR) is 70.9 cm³/mol. The highest BCUT2D eigenvalue weighted by Crippen LogP contribution is 2.22. The maximum atomic E-state index is 11.2. The van der Waals surface area contributed by atoms with Gasteiger partial charge in [0, 0.05) is 0 Å². The number of hydrogen-bond donors (Lipinski definition) is 0. The summed E-state index contributed by atoms with van der Waals surface area (Å²) in [5.74, 6) is 0. The van der Waals surface area contributed by atoms with Gasteiger partial charge in [-0.2, -0.15) is 16.8 Å². The van der Waals surface area contributed by atoms with E-state index in [4.69, 9.17) is 0 Å². The summed E-state index contributed by atoms with van der Waals surface area (Å²) >= 11 is 0. The van der Waals surface area contributed by atoms with Crippen LogP contribution in [-0.4, -0.2) is 40.3 Å². The molecule has 0 aliphatic rings. The van der Waals surface area contributed by atoms with Gasteiger partial charge in [-0.25, -0.2) is 0 Å². The molecule has 0 amide bonds. The summed E-state index contributed by atoms with van der Waals surface area (Å²) in [7, 11) is -8.54. The van der Waals surface area contributed by atoms with Gasteiger partial charge in [-0.05, 0) is 13.8 Å². The van der Waals surface area contributed by atoms with Gasteiger partial charge in [-0.3, -0.25) is 18.0 Å². The van der Waals surface area contributed by atoms with Crippen LogP contribution in [0, 0.1) is 0 Å². The smallest absolute Gasteiger partial charge is 0.286 e. The molecule has 0 N–H and O–H groups in total. The highest BCUT2D eigenvalue weighted by molar-refractivity contribution is 8.77. The Kier molecular flexibility index (Phi) is 8.15. The van der Waals surface area contributed by atoms with Crippen LogP contribution < -0.4 is 0 Å². The summed E-state index contributed by atoms with van der Waals surface area (Å²) in [5.41, 5.74) is 0. The third-order valence-electron chi connectivity index (χ3n) is 1.20. The van der Waals surface area contributed by atoms with Gasteiger partial charge in [0.15, 0.2) is 0 Å². The third kappa shape index (κ3) is 9.40. The fourth-order valence-electron chi connectivity index (χ4n) is 0.741. The molecule has 0 saturated carbocycles. The van der Waals surface area contributed by atoms with Crippen LogP contribution in [0.15, 0.2) is 0 Å². The Balaban J connectivity index is 4.40. The first kappa shape index (κ1) is 18.9. The average molecular weight is 352 g/mol. The van der Waals surface area contributed by atoms with E-state index in [0.717, 1.165) is 0 Å². The molecule has 0 unspecified atom stereocenters. The molecule has 8 nitrogen and oxygen atoms in total. The normalized spacial score (nSPS) is 12.3. The molecule has 0 rings (SSSR count). The zero-order valence-electron chi connectivity index (χ0n) is 10.0. The van der Waals surface area contributed by atoms with Gasteiger partial charge in [-0.1, -0.05) is 0 Å². The van der Waals surface area contributed by atoms with E-state index in [1.807, 2.05) is 0 Å². The van der Waals surface area contributed by atoms with Crippen LogP contribution in [0.2, 0.25) is 0 Å². The molecule has 0 spiro atoms. The molecule has 0 saturated heterocycles. The molecule has 0 aromatic carbocycles. The molecule has 0 bridgehead atoms. The minimum absolute atomic E-state index is 0.149. The largest absolute Gasteiger partial charge is 0.329 e. The van der Waals surface area contributed by atoms with Gasteiger partial charge in [0.25, 0.3) is 0 Å². The van der Waals surface area contributed by atoms with Gasteiger partial charge in [0.05, 0.1) is 41.2 Å². The van der Waals surface area contributed by atoms with Crippen LogP contribution in [0.4, 0.5) is 0 Å². The molecular weight excluding hydrogens is 340 g/mol. The zero-order valence-corrected chi connectivity index (χ0v) is 13.3. The van der Waals surface area contributed by atoms with Crippen molar-refractivity contribution in [3.63, 3.8) is 0 Å². The summed E-state index contributed by atoms with van der Waals surface area (Å²) in [5, 5.41) is -2.06. The second kappa shape index (κ2) is 8.21. The summed E-state index contributed by atoms with van der Waals surface area (Å²) in [4.78, 5) is 22.4. The minimum atomic E-state index is -4.11. The van der Waals surface area contributed by atoms with Crippen LogP contribution in [0.1, 0.15) is 20.3 Å². The van der Waals surface area contributed by atoms with Crippen LogP contribution >= 0.6 is 21.6 Å². The summed E-state index contributed by atoms with van der Waals surface area (Å²) in [6.07, 6.45) is -0.867. The molecule has 0 aromatic heterocycles. The van der Waals surface area contributed by atoms with E-state index in [9.17, 15) is 26.4 Å². The van der Waals surface area contributed by atoms with Crippen molar-refractivity contribution in [3.8, 4) is 0 Å². The lowest BCUT2D eigenvalue weighted by Crippen LogP contribution is -2.10. The Morgan fingerprint density at radius 1 is 0.842 bits per heavy atom. The van der Waals surface area contributed by atoms with E-state index < -0.39 is 35.0 Å². The first-order valence-electron chi connectivity index (χ1n) is 4.85. The number of carbonyl (C=O) groups excluding carboxylic acids is 2. The van der Waals surface area contributed by atoms with Crippen molar-refractivity contribution in [3.05, 3.63) is 0 Å². The second-order valence-electron chi connectivity index (χ2n) is 2.72. The Morgan fingerprint density at radius 3 is 1.42 bits per heavy atom. The lowest BCUT2D eigenvalue weighted by Gasteiger charge is -2.02. The van der Waals surface area contributed by atoms with Gasteiger partial charge in [0.1, 0.15) is 0 Å². The topological polar surface area (TPSA) is 121 Å². The Hall–Kier alpha value is -0.140. The molecule has 0 aliphatic heterocycles. The SMILES string of the molecule is CCOS(=O)(=O)SC(=O)CC(=O)SS(=O)(=O)OCC. The monoisotopic (exact) mass is 352 g/mol. The first-order chi connectivity index (χ1) is 8.62. The van der Waals surface area contributed by atoms with E-state index in [0.29, 0.717) is 0 Å². The Morgan fingerprint density at radius 2 is 1.16 bits per heavy atom. The van der Waals surface area contributed by atoms with E-state index >= 15 is 0 Å². The molecule has 0 fully saturated rings. The van der Waals surface area contributed by atoms with Crippen LogP contribution in [0.3, 0.4) is 0 Å². The Labute approximate surface area is 118 Å². The fourth-order valence-corrected chi connectivity index (χ4v) is 4.93. The van der Waals surface area contributed by atoms with Gasteiger partial charge in [-0.15, -0.1) is 0 Å². The maximum Gasteiger partial charge on any atom is 0.329 e. The van der Waals surface area contributed by atoms with Crippen molar-refractivity contribution in [1.82, 2.24) is 0 Å². The molecule has 0 aliphatic carbocycles. The van der Waals surface area contributed by atoms with Crippen LogP contribution in [0.5, 0.6) is 0 Å². The van der Waals surface area contributed by atoms with Crippen molar-refractivity contribution in [2.24, 2.45) is 0 Å². The van der Waals surface area contributed by atoms with Crippen molar-refractivity contribution < 1.29 is 34.8 Å². The summed E-state index contributed by atoms with van der Waals surface area (Å²) in [6.45, 7) is 2.53. The Bertz CT molecular complexity index is 471. The van der Waals surface area contributed by atoms with Crippen molar-refractivity contribution in [2.45, 2.75) is 20.3 Å². The first-order valence-corrected chi connectivity index (χ1v) is 10.3. The average Bonchev–Trinajstić information content (AvgIpc) is 2.13. The van der Waals surface area contributed by atoms with E-state index in [1.165, 1.54) is 13.8 Å². The van der Waals surface area contributed by atoms with Crippen molar-refractivity contribution in [1.29, 1.82) is 0 Å². The van der Waals surface area contributed by atoms with Crippen molar-refractivity contribution >= 4 is 50.1 Å². The summed E-state index contributed by atoms with van der Waals surface area (Å²) in [6, 6.07) is 0. The highest BCUT2D eigenvalue weighted by Gasteiger charge is 2.24. The van der Waals surface area contributed by atoms with E-state index in [2.05, 4.69) is 8.37 Å². The lowest BCUT2D eigenvalue weighted by atomic mass is 10.5. The highest BCUT2D eigenvalue weighted by atomic mass is 33.2. The molecule has 12 heteroatoms. The number of rotatable bonds is 8. The maximum absolute atomic E-state index is 11.2. The van der Waals surface area contributed by atoms with Crippen molar-refractivity contribution in [2.75, 3.05) is 13.2 Å². The van der Waals surface area contributed by atoms with E-state index in [-0.39, 0.29) is 34.8 Å². The fraction of sp³-hybridized carbons (Fsp3) is 0.714. The number of hydrogen-bond acceptors (Lipinski definition) is 10. The molecule has 112 valence electrons. The standard InChI is InChI=1S/C7H12O8S4/c1-3-14-18(10,11)16-6(8)5-7(9)17-19(12,13)15-4-2/h3-5H2,1-2H3. The van der Waals surface area contributed by atoms with Crippen LogP contribution in [0.25, 0.3) is 0 Å². The predicted octanol–water partition coefficient (Wildman–Crippen LogP) is 0.459. The van der Waals surface area contributed by atoms with E-state index in [1.54, 1.807) is 0 Å². The second-order valence-corrected chi connectivity index (χ2v) is 9.51. The third-order valence-corrected chi connectivity index (χ3v) is 6.24. The zero-order chi connectivity index (χ0) is 15.1. The molecule has 0 heterocycles. The van der Waals surface area contributed by atoms with Gasteiger partial charge >= 0.3 is 18.3 Å². The van der Waals surface area contributed by atoms with Gasteiger partial charge in [0.2, 0.25) is 10.2 Å². The molecule has 19 heavy (non-hydrogen) atoms. The molecule has 0 atom stereocenters. The lowest BCUT2D eigenvalue weighted by molar-refractivity contribution is -0.117. The molecular formula is C7H12O8S4. The minimum Gasteiger partial charge on any atom is -0.286 e. The quantitative estimate of drug-likeness (QED) is 0.450. The molecule has 0 aromatic rings. The summed E-state index contributed by atoms with van der Waals surface area (Å²) < 4.78 is 52.8. The number of carbonyl (C=O) groups is 2. The molecule has 0 radical (unpaired) electrons. The van der Waals surface area contributed by atoms with Crippen LogP contribution in [-0.2, 0) is 36.3 Å².